The van der Waals surface area contributed by atoms with E-state index in [-0.39, 0.29) is 30.7 Å². The summed E-state index contributed by atoms with van der Waals surface area (Å²) in [6, 6.07) is 15.4. The van der Waals surface area contributed by atoms with E-state index in [9.17, 15) is 14.4 Å². The molecule has 3 N–H and O–H groups in total. The van der Waals surface area contributed by atoms with Gasteiger partial charge in [0.05, 0.1) is 50.4 Å². The van der Waals surface area contributed by atoms with Gasteiger partial charge in [-0.2, -0.15) is 0 Å². The number of fused-ring (bicyclic) bond motifs is 4. The number of alkyl carbamates (subject to hydrolysis) is 1. The van der Waals surface area contributed by atoms with Gasteiger partial charge < -0.3 is 39.1 Å². The van der Waals surface area contributed by atoms with Crippen LogP contribution < -0.4 is 5.32 Å². The van der Waals surface area contributed by atoms with Gasteiger partial charge in [-0.1, -0.05) is 48.5 Å². The van der Waals surface area contributed by atoms with Crippen molar-refractivity contribution < 1.29 is 33.3 Å². The van der Waals surface area contributed by atoms with E-state index in [1.807, 2.05) is 27.0 Å². The minimum Gasteiger partial charge on any atom is -0.453 e. The molecule has 0 radical (unpaired) electrons. The number of imidazole rings is 2. The Labute approximate surface area is 321 Å². The van der Waals surface area contributed by atoms with Gasteiger partial charge in [0.1, 0.15) is 23.3 Å². The number of rotatable bonds is 5. The molecule has 7 rings (SSSR count). The normalized spacial score (nSPS) is 21.1. The summed E-state index contributed by atoms with van der Waals surface area (Å²) in [7, 11) is 1.27. The van der Waals surface area contributed by atoms with Crippen LogP contribution in [0, 0.1) is 0 Å². The van der Waals surface area contributed by atoms with E-state index in [2.05, 4.69) is 63.8 Å². The number of aromatic nitrogens is 4. The Hall–Kier alpha value is -5.21. The molecular formula is C41H51N7O7. The molecule has 55 heavy (non-hydrogen) atoms. The zero-order valence-corrected chi connectivity index (χ0v) is 32.1. The number of benzene rings is 2. The number of methoxy groups -OCH3 is 1. The second kappa shape index (κ2) is 16.7. The highest BCUT2D eigenvalue weighted by molar-refractivity contribution is 5.86. The summed E-state index contributed by atoms with van der Waals surface area (Å²) >= 11 is 0. The molecule has 3 amide bonds. The highest BCUT2D eigenvalue weighted by Crippen LogP contribution is 2.36. The number of aromatic amines is 2. The molecule has 3 aliphatic heterocycles. The first-order valence-electron chi connectivity index (χ1n) is 19.2. The largest absolute Gasteiger partial charge is 0.453 e. The molecule has 3 atom stereocenters. The topological polar surface area (TPSA) is 164 Å². The third-order valence-electron chi connectivity index (χ3n) is 10.3. The van der Waals surface area contributed by atoms with E-state index in [1.54, 1.807) is 9.80 Å². The molecule has 2 bridgehead atoms. The number of likely N-dealkylation sites (tertiary alicyclic amines) is 1. The second-order valence-corrected chi connectivity index (χ2v) is 15.3. The van der Waals surface area contributed by atoms with Crippen LogP contribution in [0.4, 0.5) is 9.59 Å². The summed E-state index contributed by atoms with van der Waals surface area (Å²) < 4.78 is 22.0. The van der Waals surface area contributed by atoms with Crippen LogP contribution in [-0.4, -0.2) is 106 Å². The Balaban J connectivity index is 1.07. The molecule has 2 fully saturated rings. The van der Waals surface area contributed by atoms with Crippen LogP contribution in [0.15, 0.2) is 54.7 Å². The van der Waals surface area contributed by atoms with Gasteiger partial charge in [-0.3, -0.25) is 9.69 Å². The molecule has 2 saturated heterocycles. The summed E-state index contributed by atoms with van der Waals surface area (Å²) in [5, 5.41) is 2.64. The fourth-order valence-corrected chi connectivity index (χ4v) is 7.57. The lowest BCUT2D eigenvalue weighted by Gasteiger charge is -2.28. The van der Waals surface area contributed by atoms with Crippen molar-refractivity contribution in [3.63, 3.8) is 0 Å². The van der Waals surface area contributed by atoms with Gasteiger partial charge >= 0.3 is 12.2 Å². The van der Waals surface area contributed by atoms with Crippen LogP contribution in [0.2, 0.25) is 0 Å². The molecule has 14 nitrogen and oxygen atoms in total. The number of aryl methyl sites for hydroxylation is 1. The van der Waals surface area contributed by atoms with Crippen LogP contribution in [0.1, 0.15) is 82.3 Å². The Morgan fingerprint density at radius 2 is 1.51 bits per heavy atom. The minimum absolute atomic E-state index is 0.0187. The quantitative estimate of drug-likeness (QED) is 0.205. The summed E-state index contributed by atoms with van der Waals surface area (Å²) in [5.74, 6) is 1.27. The van der Waals surface area contributed by atoms with Crippen molar-refractivity contribution >= 4 is 18.1 Å². The van der Waals surface area contributed by atoms with Gasteiger partial charge in [0.15, 0.2) is 0 Å². The Kier molecular flexibility index (Phi) is 11.5. The third-order valence-corrected chi connectivity index (χ3v) is 10.3. The number of amides is 3. The number of nitrogens with one attached hydrogen (secondary N) is 3. The molecule has 3 aliphatic rings. The lowest BCUT2D eigenvalue weighted by molar-refractivity contribution is -0.136. The molecule has 0 spiro atoms. The molecule has 4 aromatic rings. The number of carbonyl (C=O) groups excluding carboxylic acids is 3. The zero-order valence-electron chi connectivity index (χ0n) is 32.1. The second-order valence-electron chi connectivity index (χ2n) is 15.3. The van der Waals surface area contributed by atoms with Crippen LogP contribution >= 0.6 is 0 Å². The first-order chi connectivity index (χ1) is 26.6. The van der Waals surface area contributed by atoms with Crippen LogP contribution in [-0.2, 0) is 30.2 Å². The van der Waals surface area contributed by atoms with Gasteiger partial charge in [-0.25, -0.2) is 19.6 Å². The van der Waals surface area contributed by atoms with Crippen molar-refractivity contribution in [2.75, 3.05) is 46.6 Å². The van der Waals surface area contributed by atoms with Crippen molar-refractivity contribution in [3.05, 3.63) is 72.1 Å². The van der Waals surface area contributed by atoms with E-state index in [4.69, 9.17) is 28.9 Å². The molecule has 0 aliphatic carbocycles. The maximum Gasteiger partial charge on any atom is 0.410 e. The fourth-order valence-electron chi connectivity index (χ4n) is 7.57. The average molecular weight is 754 g/mol. The van der Waals surface area contributed by atoms with E-state index in [0.29, 0.717) is 32.9 Å². The molecule has 5 heterocycles. The first kappa shape index (κ1) is 38.1. The van der Waals surface area contributed by atoms with Crippen molar-refractivity contribution in [2.45, 2.75) is 83.0 Å². The van der Waals surface area contributed by atoms with Gasteiger partial charge in [0.2, 0.25) is 5.91 Å². The fraction of sp³-hybridized carbons (Fsp3) is 0.488. The number of hydrogen-bond acceptors (Lipinski definition) is 9. The van der Waals surface area contributed by atoms with E-state index < -0.39 is 17.7 Å². The lowest BCUT2D eigenvalue weighted by atomic mass is 10.00. The molecule has 2 aromatic heterocycles. The maximum atomic E-state index is 13.8. The van der Waals surface area contributed by atoms with Crippen molar-refractivity contribution in [3.8, 4) is 33.6 Å². The number of H-pyrrole nitrogens is 2. The summed E-state index contributed by atoms with van der Waals surface area (Å²) in [4.78, 5) is 59.2. The average Bonchev–Trinajstić information content (AvgIpc) is 4.00. The molecule has 0 unspecified atom stereocenters. The smallest absolute Gasteiger partial charge is 0.410 e. The van der Waals surface area contributed by atoms with Crippen molar-refractivity contribution in [1.29, 1.82) is 0 Å². The van der Waals surface area contributed by atoms with Gasteiger partial charge in [-0.05, 0) is 70.4 Å². The SMILES string of the molecule is COC(=O)N[C@H]1COCCOCCCc2[nH]c(nc2-c2ccc(-c3ccc(-c4c[nH]c([C@@H]5CCCN5C(=O)OC(C)(C)C)n4)cc3)cc2)[C@@H]2CCCN2C1=O. The van der Waals surface area contributed by atoms with E-state index >= 15 is 0 Å². The standard InChI is InChI=1S/C41H51N7O7/c1-41(2,3)55-40(51)48-20-6-9-33(48)36-42-24-31(44-36)28-15-11-26(12-16-28)27-13-17-29(18-14-27)35-30-8-7-21-53-22-23-54-25-32(45-39(50)52-4)38(49)47-19-5-10-34(47)37(43-30)46-35/h11-18,24,32-34H,5-10,19-23,25H2,1-4H3,(H,42,44)(H,43,46)(H,45,50)/t32-,33-,34-/m0/s1. The highest BCUT2D eigenvalue weighted by Gasteiger charge is 2.38. The van der Waals surface area contributed by atoms with Crippen molar-refractivity contribution in [2.24, 2.45) is 0 Å². The van der Waals surface area contributed by atoms with Crippen LogP contribution in [0.25, 0.3) is 33.6 Å². The number of nitrogens with zero attached hydrogens (tertiary/aromatic N) is 4. The highest BCUT2D eigenvalue weighted by atomic mass is 16.6. The van der Waals surface area contributed by atoms with Crippen molar-refractivity contribution in [1.82, 2.24) is 35.1 Å². The van der Waals surface area contributed by atoms with E-state index in [0.717, 1.165) is 89.5 Å². The molecule has 0 saturated carbocycles. The zero-order chi connectivity index (χ0) is 38.5. The van der Waals surface area contributed by atoms with Gasteiger partial charge in [0.25, 0.3) is 0 Å². The van der Waals surface area contributed by atoms with Crippen LogP contribution in [0.3, 0.4) is 0 Å². The van der Waals surface area contributed by atoms with Gasteiger partial charge in [0, 0.05) is 42.7 Å². The third kappa shape index (κ3) is 8.86. The number of ether oxygens (including phenoxy) is 4. The minimum atomic E-state index is -0.890. The Morgan fingerprint density at radius 1 is 0.836 bits per heavy atom. The number of carbonyl (C=O) groups is 3. The lowest BCUT2D eigenvalue weighted by Crippen LogP contribution is -2.51. The van der Waals surface area contributed by atoms with E-state index in [1.165, 1.54) is 7.11 Å². The summed E-state index contributed by atoms with van der Waals surface area (Å²) in [6.45, 7) is 8.10. The summed E-state index contributed by atoms with van der Waals surface area (Å²) in [5.41, 5.74) is 6.21. The molecule has 2 aromatic carbocycles. The molecular weight excluding hydrogens is 702 g/mol. The Morgan fingerprint density at radius 3 is 2.24 bits per heavy atom. The number of hydrogen-bond donors (Lipinski definition) is 3. The first-order valence-corrected chi connectivity index (χ1v) is 19.2. The molecule has 292 valence electrons. The molecule has 14 heteroatoms. The monoisotopic (exact) mass is 753 g/mol. The predicted octanol–water partition coefficient (Wildman–Crippen LogP) is 6.57. The summed E-state index contributed by atoms with van der Waals surface area (Å²) in [6.07, 6.45) is 5.74. The predicted molar refractivity (Wildman–Crippen MR) is 205 cm³/mol. The maximum absolute atomic E-state index is 13.8. The van der Waals surface area contributed by atoms with Crippen LogP contribution in [0.5, 0.6) is 0 Å². The van der Waals surface area contributed by atoms with Gasteiger partial charge in [-0.15, -0.1) is 0 Å². The Bertz CT molecular complexity index is 1950.